The van der Waals surface area contributed by atoms with Gasteiger partial charge in [0.1, 0.15) is 5.75 Å². The van der Waals surface area contributed by atoms with Crippen LogP contribution in [-0.2, 0) is 0 Å². The van der Waals surface area contributed by atoms with Crippen LogP contribution in [0.25, 0.3) is 0 Å². The Kier molecular flexibility index (Phi) is 4.54. The summed E-state index contributed by atoms with van der Waals surface area (Å²) in [7, 11) is 3.69. The van der Waals surface area contributed by atoms with Crippen molar-refractivity contribution in [3.63, 3.8) is 0 Å². The van der Waals surface area contributed by atoms with E-state index in [1.807, 2.05) is 33.0 Å². The summed E-state index contributed by atoms with van der Waals surface area (Å²) in [6, 6.07) is 8.31. The molecule has 0 aliphatic rings. The number of rotatable bonds is 5. The molecule has 3 heteroatoms. The van der Waals surface area contributed by atoms with Gasteiger partial charge in [0.05, 0.1) is 12.7 Å². The first-order valence-corrected chi connectivity index (χ1v) is 5.90. The molecule has 0 aromatic heterocycles. The number of aliphatic hydroxyl groups is 1. The minimum absolute atomic E-state index is 0.271. The molecule has 1 aromatic rings. The van der Waals surface area contributed by atoms with E-state index in [1.54, 1.807) is 7.11 Å². The van der Waals surface area contributed by atoms with E-state index in [9.17, 15) is 5.11 Å². The number of hydrogen-bond donors (Lipinski definition) is 1. The fraction of sp³-hybridized carbons (Fsp3) is 0.571. The lowest BCUT2D eigenvalue weighted by Gasteiger charge is -2.30. The van der Waals surface area contributed by atoms with E-state index in [2.05, 4.69) is 24.0 Å². The third-order valence-corrected chi connectivity index (χ3v) is 2.90. The van der Waals surface area contributed by atoms with E-state index >= 15 is 0 Å². The Bertz CT molecular complexity index is 340. The summed E-state index contributed by atoms with van der Waals surface area (Å²) in [5.41, 5.74) is 0.549. The standard InChI is InChI=1S/C14H23NO2/c1-11(15(4)10-14(2,3)16)12-6-8-13(17-5)9-7-12/h6-9,11,16H,10H2,1-5H3. The Morgan fingerprint density at radius 1 is 1.29 bits per heavy atom. The molecule has 0 saturated heterocycles. The molecule has 0 fully saturated rings. The topological polar surface area (TPSA) is 32.7 Å². The van der Waals surface area contributed by atoms with Crippen molar-refractivity contribution in [3.05, 3.63) is 29.8 Å². The molecule has 0 spiro atoms. The summed E-state index contributed by atoms with van der Waals surface area (Å²) in [6.45, 7) is 6.42. The molecule has 0 bridgehead atoms. The maximum absolute atomic E-state index is 9.80. The fourth-order valence-corrected chi connectivity index (χ4v) is 1.88. The van der Waals surface area contributed by atoms with Crippen molar-refractivity contribution in [1.29, 1.82) is 0 Å². The molecule has 0 saturated carbocycles. The van der Waals surface area contributed by atoms with Gasteiger partial charge in [0.25, 0.3) is 0 Å². The molecule has 17 heavy (non-hydrogen) atoms. The zero-order chi connectivity index (χ0) is 13.1. The van der Waals surface area contributed by atoms with Gasteiger partial charge in [-0.05, 0) is 45.5 Å². The van der Waals surface area contributed by atoms with Crippen LogP contribution in [0.4, 0.5) is 0 Å². The minimum Gasteiger partial charge on any atom is -0.497 e. The monoisotopic (exact) mass is 237 g/mol. The second kappa shape index (κ2) is 5.52. The van der Waals surface area contributed by atoms with E-state index in [1.165, 1.54) is 5.56 Å². The molecular weight excluding hydrogens is 214 g/mol. The highest BCUT2D eigenvalue weighted by Gasteiger charge is 2.20. The number of hydrogen-bond acceptors (Lipinski definition) is 3. The van der Waals surface area contributed by atoms with Gasteiger partial charge in [-0.25, -0.2) is 0 Å². The number of ether oxygens (including phenoxy) is 1. The van der Waals surface area contributed by atoms with Crippen LogP contribution < -0.4 is 4.74 Å². The summed E-state index contributed by atoms with van der Waals surface area (Å²) in [5, 5.41) is 9.80. The summed E-state index contributed by atoms with van der Waals surface area (Å²) in [5.74, 6) is 0.867. The number of likely N-dealkylation sites (N-methyl/N-ethyl adjacent to an activating group) is 1. The number of nitrogens with zero attached hydrogens (tertiary/aromatic N) is 1. The van der Waals surface area contributed by atoms with Gasteiger partial charge in [0.15, 0.2) is 0 Å². The Morgan fingerprint density at radius 3 is 2.24 bits per heavy atom. The maximum atomic E-state index is 9.80. The molecule has 96 valence electrons. The maximum Gasteiger partial charge on any atom is 0.118 e. The van der Waals surface area contributed by atoms with E-state index in [-0.39, 0.29) is 6.04 Å². The molecule has 1 unspecified atom stereocenters. The van der Waals surface area contributed by atoms with Crippen LogP contribution in [0.15, 0.2) is 24.3 Å². The Labute approximate surface area is 104 Å². The number of benzene rings is 1. The molecule has 0 heterocycles. The number of methoxy groups -OCH3 is 1. The first kappa shape index (κ1) is 14.0. The van der Waals surface area contributed by atoms with E-state index in [0.717, 1.165) is 5.75 Å². The molecule has 1 N–H and O–H groups in total. The van der Waals surface area contributed by atoms with Crippen molar-refractivity contribution < 1.29 is 9.84 Å². The average Bonchev–Trinajstić information content (AvgIpc) is 2.26. The summed E-state index contributed by atoms with van der Waals surface area (Å²) in [4.78, 5) is 2.14. The van der Waals surface area contributed by atoms with Gasteiger partial charge in [-0.1, -0.05) is 12.1 Å². The van der Waals surface area contributed by atoms with Gasteiger partial charge in [-0.3, -0.25) is 4.90 Å². The molecule has 0 aliphatic carbocycles. The Hall–Kier alpha value is -1.06. The van der Waals surface area contributed by atoms with E-state index < -0.39 is 5.60 Å². The van der Waals surface area contributed by atoms with Crippen molar-refractivity contribution >= 4 is 0 Å². The lowest BCUT2D eigenvalue weighted by Crippen LogP contribution is -2.37. The molecule has 0 aliphatic heterocycles. The highest BCUT2D eigenvalue weighted by Crippen LogP contribution is 2.22. The predicted octanol–water partition coefficient (Wildman–Crippen LogP) is 2.46. The van der Waals surface area contributed by atoms with Crippen molar-refractivity contribution in [3.8, 4) is 5.75 Å². The molecule has 0 radical (unpaired) electrons. The fourth-order valence-electron chi connectivity index (χ4n) is 1.88. The minimum atomic E-state index is -0.671. The van der Waals surface area contributed by atoms with Crippen molar-refractivity contribution in [2.45, 2.75) is 32.4 Å². The van der Waals surface area contributed by atoms with Crippen LogP contribution >= 0.6 is 0 Å². The first-order chi connectivity index (χ1) is 7.83. The first-order valence-electron chi connectivity index (χ1n) is 5.90. The Morgan fingerprint density at radius 2 is 1.82 bits per heavy atom. The zero-order valence-corrected chi connectivity index (χ0v) is 11.4. The van der Waals surface area contributed by atoms with Crippen LogP contribution in [0.5, 0.6) is 5.75 Å². The largest absolute Gasteiger partial charge is 0.497 e. The molecule has 0 amide bonds. The van der Waals surface area contributed by atoms with E-state index in [4.69, 9.17) is 4.74 Å². The zero-order valence-electron chi connectivity index (χ0n) is 11.4. The van der Waals surface area contributed by atoms with Crippen molar-refractivity contribution in [2.75, 3.05) is 20.7 Å². The highest BCUT2D eigenvalue weighted by atomic mass is 16.5. The van der Waals surface area contributed by atoms with Gasteiger partial charge < -0.3 is 9.84 Å². The lowest BCUT2D eigenvalue weighted by atomic mass is 10.0. The Balaban J connectivity index is 2.71. The molecule has 1 rings (SSSR count). The van der Waals surface area contributed by atoms with Crippen LogP contribution in [0.1, 0.15) is 32.4 Å². The van der Waals surface area contributed by atoms with Gasteiger partial charge in [0.2, 0.25) is 0 Å². The molecule has 1 aromatic carbocycles. The quantitative estimate of drug-likeness (QED) is 0.854. The third-order valence-electron chi connectivity index (χ3n) is 2.90. The van der Waals surface area contributed by atoms with Crippen molar-refractivity contribution in [1.82, 2.24) is 4.90 Å². The average molecular weight is 237 g/mol. The van der Waals surface area contributed by atoms with Gasteiger partial charge in [-0.2, -0.15) is 0 Å². The highest BCUT2D eigenvalue weighted by molar-refractivity contribution is 5.28. The van der Waals surface area contributed by atoms with Crippen LogP contribution in [0.3, 0.4) is 0 Å². The molecular formula is C14H23NO2. The van der Waals surface area contributed by atoms with Crippen molar-refractivity contribution in [2.24, 2.45) is 0 Å². The van der Waals surface area contributed by atoms with Crippen LogP contribution in [0, 0.1) is 0 Å². The second-order valence-electron chi connectivity index (χ2n) is 5.18. The second-order valence-corrected chi connectivity index (χ2v) is 5.18. The SMILES string of the molecule is COc1ccc(C(C)N(C)CC(C)(C)O)cc1. The summed E-state index contributed by atoms with van der Waals surface area (Å²) < 4.78 is 5.14. The lowest BCUT2D eigenvalue weighted by molar-refractivity contribution is 0.0334. The van der Waals surface area contributed by atoms with Gasteiger partial charge >= 0.3 is 0 Å². The van der Waals surface area contributed by atoms with Crippen LogP contribution in [-0.4, -0.2) is 36.3 Å². The van der Waals surface area contributed by atoms with Crippen LogP contribution in [0.2, 0.25) is 0 Å². The van der Waals surface area contributed by atoms with Gasteiger partial charge in [0, 0.05) is 12.6 Å². The third kappa shape index (κ3) is 4.36. The predicted molar refractivity (Wildman–Crippen MR) is 70.3 cm³/mol. The molecule has 1 atom stereocenters. The summed E-state index contributed by atoms with van der Waals surface area (Å²) >= 11 is 0. The smallest absolute Gasteiger partial charge is 0.118 e. The van der Waals surface area contributed by atoms with Gasteiger partial charge in [-0.15, -0.1) is 0 Å². The molecule has 3 nitrogen and oxygen atoms in total. The normalized spacial score (nSPS) is 13.8. The summed E-state index contributed by atoms with van der Waals surface area (Å²) in [6.07, 6.45) is 0. The van der Waals surface area contributed by atoms with E-state index in [0.29, 0.717) is 6.54 Å².